The second-order valence-corrected chi connectivity index (χ2v) is 5.79. The molecule has 1 amide bonds. The Kier molecular flexibility index (Phi) is 4.52. The van der Waals surface area contributed by atoms with Crippen LogP contribution in [0.25, 0.3) is 0 Å². The lowest BCUT2D eigenvalue weighted by Crippen LogP contribution is -2.40. The molecule has 0 aromatic carbocycles. The Balaban J connectivity index is 2.23. The van der Waals surface area contributed by atoms with Crippen molar-refractivity contribution in [1.29, 1.82) is 0 Å². The number of ether oxygens (including phenoxy) is 1. The Bertz CT molecular complexity index is 362. The number of amides is 1. The van der Waals surface area contributed by atoms with Crippen LogP contribution in [-0.2, 0) is 11.3 Å². The highest BCUT2D eigenvalue weighted by Gasteiger charge is 2.15. The number of nitrogens with one attached hydrogen (secondary N) is 2. The Morgan fingerprint density at radius 2 is 2.31 bits per heavy atom. The number of thiazole rings is 1. The Labute approximate surface area is 103 Å². The molecule has 1 aromatic heterocycles. The molecule has 1 heterocycles. The molecule has 0 saturated carbocycles. The number of rotatable bonds is 3. The van der Waals surface area contributed by atoms with Crippen LogP contribution in [0.5, 0.6) is 0 Å². The Morgan fingerprint density at radius 3 is 2.81 bits per heavy atom. The molecule has 0 aliphatic carbocycles. The number of carbonyl (C=O) groups excluding carboxylic acids is 1. The van der Waals surface area contributed by atoms with Crippen molar-refractivity contribution in [2.45, 2.75) is 32.9 Å². The van der Waals surface area contributed by atoms with Crippen LogP contribution in [0.1, 0.15) is 25.8 Å². The molecule has 7 heteroatoms. The van der Waals surface area contributed by atoms with Crippen molar-refractivity contribution in [1.82, 2.24) is 15.8 Å². The summed E-state index contributed by atoms with van der Waals surface area (Å²) >= 11 is 7.06. The first kappa shape index (κ1) is 13.2. The van der Waals surface area contributed by atoms with Gasteiger partial charge in [0.1, 0.15) is 14.9 Å². The van der Waals surface area contributed by atoms with Crippen LogP contribution in [0, 0.1) is 0 Å². The van der Waals surface area contributed by atoms with Gasteiger partial charge in [-0.25, -0.2) is 15.2 Å². The molecule has 16 heavy (non-hydrogen) atoms. The number of hydrogen-bond acceptors (Lipinski definition) is 5. The lowest BCUT2D eigenvalue weighted by Gasteiger charge is -2.19. The largest absolute Gasteiger partial charge is 0.443 e. The van der Waals surface area contributed by atoms with Gasteiger partial charge in [0.15, 0.2) is 0 Å². The summed E-state index contributed by atoms with van der Waals surface area (Å²) in [5.74, 6) is 0. The molecule has 0 bridgehead atoms. The summed E-state index contributed by atoms with van der Waals surface area (Å²) in [6, 6.07) is 0. The average molecular weight is 264 g/mol. The zero-order valence-corrected chi connectivity index (χ0v) is 10.9. The van der Waals surface area contributed by atoms with Crippen molar-refractivity contribution >= 4 is 29.0 Å². The van der Waals surface area contributed by atoms with E-state index in [1.54, 1.807) is 27.0 Å². The third-order valence-corrected chi connectivity index (χ3v) is 2.47. The minimum Gasteiger partial charge on any atom is -0.443 e. The highest BCUT2D eigenvalue weighted by Crippen LogP contribution is 2.17. The third kappa shape index (κ3) is 5.29. The number of aromatic nitrogens is 1. The molecule has 0 aliphatic rings. The van der Waals surface area contributed by atoms with Crippen LogP contribution >= 0.6 is 22.9 Å². The molecule has 0 fully saturated rings. The van der Waals surface area contributed by atoms with E-state index in [1.165, 1.54) is 11.3 Å². The van der Waals surface area contributed by atoms with Gasteiger partial charge in [-0.3, -0.25) is 5.43 Å². The van der Waals surface area contributed by atoms with Crippen LogP contribution in [0.2, 0.25) is 4.34 Å². The Morgan fingerprint density at radius 1 is 1.62 bits per heavy atom. The fraction of sp³-hybridized carbons (Fsp3) is 0.556. The summed E-state index contributed by atoms with van der Waals surface area (Å²) in [6.45, 7) is 5.81. The van der Waals surface area contributed by atoms with Gasteiger partial charge in [-0.15, -0.1) is 11.3 Å². The predicted octanol–water partition coefficient (Wildman–Crippen LogP) is 2.33. The van der Waals surface area contributed by atoms with Gasteiger partial charge in [0, 0.05) is 0 Å². The topological polar surface area (TPSA) is 63.2 Å². The molecule has 0 saturated heterocycles. The molecule has 2 N–H and O–H groups in total. The van der Waals surface area contributed by atoms with Crippen molar-refractivity contribution in [3.05, 3.63) is 15.5 Å². The first-order valence-electron chi connectivity index (χ1n) is 4.69. The molecular formula is C9H14ClN3O2S. The van der Waals surface area contributed by atoms with Crippen molar-refractivity contribution < 1.29 is 9.53 Å². The second-order valence-electron chi connectivity index (χ2n) is 4.04. The molecule has 0 atom stereocenters. The van der Waals surface area contributed by atoms with Gasteiger partial charge in [-0.1, -0.05) is 11.6 Å². The van der Waals surface area contributed by atoms with Crippen LogP contribution in [0.4, 0.5) is 4.79 Å². The maximum atomic E-state index is 11.2. The predicted molar refractivity (Wildman–Crippen MR) is 63.3 cm³/mol. The summed E-state index contributed by atoms with van der Waals surface area (Å²) in [5.41, 5.74) is 4.61. The van der Waals surface area contributed by atoms with Crippen LogP contribution < -0.4 is 10.9 Å². The fourth-order valence-corrected chi connectivity index (χ4v) is 1.76. The van der Waals surface area contributed by atoms with Crippen molar-refractivity contribution in [2.24, 2.45) is 0 Å². The Hall–Kier alpha value is -0.850. The molecular weight excluding hydrogens is 250 g/mol. The maximum absolute atomic E-state index is 11.2. The summed E-state index contributed by atoms with van der Waals surface area (Å²) in [4.78, 5) is 15.2. The summed E-state index contributed by atoms with van der Waals surface area (Å²) < 4.78 is 5.64. The molecule has 0 unspecified atom stereocenters. The van der Waals surface area contributed by atoms with E-state index in [0.29, 0.717) is 10.9 Å². The lowest BCUT2D eigenvalue weighted by atomic mass is 10.2. The smallest absolute Gasteiger partial charge is 0.422 e. The summed E-state index contributed by atoms with van der Waals surface area (Å²) in [5, 5.41) is 0.793. The maximum Gasteiger partial charge on any atom is 0.422 e. The van der Waals surface area contributed by atoms with E-state index in [0.717, 1.165) is 5.01 Å². The molecule has 1 aromatic rings. The van der Waals surface area contributed by atoms with Crippen molar-refractivity contribution in [3.8, 4) is 0 Å². The number of nitrogens with zero attached hydrogens (tertiary/aromatic N) is 1. The normalized spacial score (nSPS) is 11.2. The van der Waals surface area contributed by atoms with Gasteiger partial charge in [-0.05, 0) is 20.8 Å². The second kappa shape index (κ2) is 5.47. The van der Waals surface area contributed by atoms with E-state index < -0.39 is 11.7 Å². The van der Waals surface area contributed by atoms with Gasteiger partial charge in [0.2, 0.25) is 0 Å². The van der Waals surface area contributed by atoms with E-state index in [9.17, 15) is 4.79 Å². The van der Waals surface area contributed by atoms with Crippen molar-refractivity contribution in [3.63, 3.8) is 0 Å². The molecule has 0 spiro atoms. The van der Waals surface area contributed by atoms with Gasteiger partial charge >= 0.3 is 6.09 Å². The highest BCUT2D eigenvalue weighted by atomic mass is 35.5. The van der Waals surface area contributed by atoms with Crippen molar-refractivity contribution in [2.75, 3.05) is 0 Å². The zero-order valence-electron chi connectivity index (χ0n) is 9.33. The zero-order chi connectivity index (χ0) is 12.2. The van der Waals surface area contributed by atoms with E-state index in [1.807, 2.05) is 0 Å². The van der Waals surface area contributed by atoms with Gasteiger partial charge in [-0.2, -0.15) is 0 Å². The lowest BCUT2D eigenvalue weighted by molar-refractivity contribution is 0.0497. The average Bonchev–Trinajstić information content (AvgIpc) is 2.48. The van der Waals surface area contributed by atoms with Gasteiger partial charge in [0.05, 0.1) is 12.7 Å². The number of halogens is 1. The van der Waals surface area contributed by atoms with E-state index in [4.69, 9.17) is 16.3 Å². The van der Waals surface area contributed by atoms with Crippen LogP contribution in [-0.4, -0.2) is 16.7 Å². The monoisotopic (exact) mass is 263 g/mol. The molecule has 0 aliphatic heterocycles. The van der Waals surface area contributed by atoms with Crippen LogP contribution in [0.3, 0.4) is 0 Å². The minimum atomic E-state index is -0.518. The SMILES string of the molecule is CC(C)(C)OC(=O)NNCc1ncc(Cl)s1. The standard InChI is InChI=1S/C9H14ClN3O2S/c1-9(2,3)15-8(14)13-12-5-7-11-4-6(10)16-7/h4,12H,5H2,1-3H3,(H,13,14). The first-order valence-corrected chi connectivity index (χ1v) is 5.88. The molecule has 90 valence electrons. The summed E-state index contributed by atoms with van der Waals surface area (Å²) in [7, 11) is 0. The van der Waals surface area contributed by atoms with Crippen LogP contribution in [0.15, 0.2) is 6.20 Å². The van der Waals surface area contributed by atoms with Gasteiger partial charge < -0.3 is 4.74 Å². The number of hydrogen-bond donors (Lipinski definition) is 2. The first-order chi connectivity index (χ1) is 7.37. The fourth-order valence-electron chi connectivity index (χ4n) is 0.865. The molecule has 0 radical (unpaired) electrons. The number of carbonyl (C=O) groups is 1. The van der Waals surface area contributed by atoms with E-state index >= 15 is 0 Å². The van der Waals surface area contributed by atoms with E-state index in [-0.39, 0.29) is 0 Å². The number of hydrazine groups is 1. The summed E-state index contributed by atoms with van der Waals surface area (Å²) in [6.07, 6.45) is 1.05. The minimum absolute atomic E-state index is 0.413. The molecule has 1 rings (SSSR count). The molecule has 5 nitrogen and oxygen atoms in total. The van der Waals surface area contributed by atoms with E-state index in [2.05, 4.69) is 15.8 Å². The third-order valence-electron chi connectivity index (χ3n) is 1.35. The highest BCUT2D eigenvalue weighted by molar-refractivity contribution is 7.15. The van der Waals surface area contributed by atoms with Gasteiger partial charge in [0.25, 0.3) is 0 Å². The quantitative estimate of drug-likeness (QED) is 0.822.